The van der Waals surface area contributed by atoms with Gasteiger partial charge in [-0.2, -0.15) is 5.26 Å². The standard InChI is InChI=1S/C28H23N3O4S/c1-2-35-28(34)20-15-13-19(14-16-20)17-24-26(33)31(22-11-7-4-8-12-22)27(36-24)23(18-29)25(32)30-21-9-5-3-6-10-21/h3-16,24H,2,17H2,1H3,(H,30,32)/b27-23-/t24-/m1/s1. The van der Waals surface area contributed by atoms with E-state index in [2.05, 4.69) is 5.32 Å². The number of thioether (sulfide) groups is 1. The zero-order chi connectivity index (χ0) is 25.5. The van der Waals surface area contributed by atoms with Crippen LogP contribution in [-0.2, 0) is 20.7 Å². The molecule has 0 saturated carbocycles. The molecule has 0 bridgehead atoms. The van der Waals surface area contributed by atoms with Gasteiger partial charge in [0.1, 0.15) is 16.7 Å². The normalized spacial score (nSPS) is 16.3. The Morgan fingerprint density at radius 1 is 1.00 bits per heavy atom. The molecule has 0 radical (unpaired) electrons. The molecule has 7 nitrogen and oxygen atoms in total. The van der Waals surface area contributed by atoms with E-state index in [0.29, 0.717) is 23.4 Å². The summed E-state index contributed by atoms with van der Waals surface area (Å²) < 4.78 is 5.02. The molecule has 180 valence electrons. The van der Waals surface area contributed by atoms with E-state index < -0.39 is 17.1 Å². The highest BCUT2D eigenvalue weighted by Crippen LogP contribution is 2.42. The van der Waals surface area contributed by atoms with Gasteiger partial charge in [0.2, 0.25) is 5.91 Å². The largest absolute Gasteiger partial charge is 0.462 e. The number of esters is 1. The third-order valence-electron chi connectivity index (χ3n) is 5.44. The van der Waals surface area contributed by atoms with Crippen molar-refractivity contribution in [3.05, 3.63) is 107 Å². The number of carbonyl (C=O) groups excluding carboxylic acids is 3. The van der Waals surface area contributed by atoms with E-state index in [-0.39, 0.29) is 23.1 Å². The number of hydrogen-bond donors (Lipinski definition) is 1. The molecule has 1 aliphatic rings. The van der Waals surface area contributed by atoms with Gasteiger partial charge < -0.3 is 10.1 Å². The van der Waals surface area contributed by atoms with Gasteiger partial charge in [-0.05, 0) is 55.3 Å². The lowest BCUT2D eigenvalue weighted by Gasteiger charge is -2.18. The maximum absolute atomic E-state index is 13.5. The molecule has 1 aliphatic heterocycles. The van der Waals surface area contributed by atoms with Crippen LogP contribution in [0.3, 0.4) is 0 Å². The molecule has 1 saturated heterocycles. The maximum Gasteiger partial charge on any atom is 0.338 e. The van der Waals surface area contributed by atoms with E-state index in [1.165, 1.54) is 16.7 Å². The fraction of sp³-hybridized carbons (Fsp3) is 0.143. The Morgan fingerprint density at radius 2 is 1.64 bits per heavy atom. The zero-order valence-electron chi connectivity index (χ0n) is 19.5. The van der Waals surface area contributed by atoms with Crippen LogP contribution in [0, 0.1) is 11.3 Å². The van der Waals surface area contributed by atoms with E-state index in [4.69, 9.17) is 4.74 Å². The molecule has 1 N–H and O–H groups in total. The van der Waals surface area contributed by atoms with Gasteiger partial charge in [-0.1, -0.05) is 60.3 Å². The number of nitrogens with zero attached hydrogens (tertiary/aromatic N) is 2. The second-order valence-electron chi connectivity index (χ2n) is 7.85. The van der Waals surface area contributed by atoms with Crippen LogP contribution in [-0.4, -0.2) is 29.6 Å². The minimum atomic E-state index is -0.584. The number of amides is 2. The van der Waals surface area contributed by atoms with E-state index in [9.17, 15) is 19.6 Å². The second-order valence-corrected chi connectivity index (χ2v) is 9.04. The number of para-hydroxylation sites is 2. The van der Waals surface area contributed by atoms with Crippen LogP contribution in [0.5, 0.6) is 0 Å². The maximum atomic E-state index is 13.5. The average Bonchev–Trinajstić information content (AvgIpc) is 3.21. The lowest BCUT2D eigenvalue weighted by Crippen LogP contribution is -2.30. The van der Waals surface area contributed by atoms with Crippen LogP contribution in [0.4, 0.5) is 11.4 Å². The molecule has 3 aromatic rings. The smallest absolute Gasteiger partial charge is 0.338 e. The predicted octanol–water partition coefficient (Wildman–Crippen LogP) is 4.93. The molecule has 1 heterocycles. The number of benzene rings is 3. The summed E-state index contributed by atoms with van der Waals surface area (Å²) >= 11 is 1.19. The highest BCUT2D eigenvalue weighted by molar-refractivity contribution is 8.05. The minimum Gasteiger partial charge on any atom is -0.462 e. The van der Waals surface area contributed by atoms with Crippen molar-refractivity contribution in [2.75, 3.05) is 16.8 Å². The average molecular weight is 498 g/mol. The van der Waals surface area contributed by atoms with Gasteiger partial charge in [0.25, 0.3) is 5.91 Å². The van der Waals surface area contributed by atoms with Gasteiger partial charge >= 0.3 is 5.97 Å². The Bertz CT molecular complexity index is 1330. The minimum absolute atomic E-state index is 0.138. The Labute approximate surface area is 213 Å². The number of carbonyl (C=O) groups is 3. The third kappa shape index (κ3) is 5.48. The van der Waals surface area contributed by atoms with Crippen LogP contribution >= 0.6 is 11.8 Å². The molecule has 0 unspecified atom stereocenters. The van der Waals surface area contributed by atoms with Gasteiger partial charge in [0.05, 0.1) is 17.4 Å². The summed E-state index contributed by atoms with van der Waals surface area (Å²) in [7, 11) is 0. The fourth-order valence-electron chi connectivity index (χ4n) is 3.72. The van der Waals surface area contributed by atoms with Crippen LogP contribution in [0.1, 0.15) is 22.8 Å². The van der Waals surface area contributed by atoms with Crippen LogP contribution < -0.4 is 10.2 Å². The number of nitrogens with one attached hydrogen (secondary N) is 1. The molecule has 4 rings (SSSR count). The summed E-state index contributed by atoms with van der Waals surface area (Å²) in [5.74, 6) is -1.21. The molecule has 1 fully saturated rings. The molecule has 0 aromatic heterocycles. The van der Waals surface area contributed by atoms with Crippen LogP contribution in [0.25, 0.3) is 0 Å². The number of ether oxygens (including phenoxy) is 1. The molecule has 36 heavy (non-hydrogen) atoms. The third-order valence-corrected chi connectivity index (χ3v) is 6.70. The van der Waals surface area contributed by atoms with Gasteiger partial charge in [0.15, 0.2) is 0 Å². The molecule has 0 aliphatic carbocycles. The van der Waals surface area contributed by atoms with Gasteiger partial charge in [-0.3, -0.25) is 14.5 Å². The van der Waals surface area contributed by atoms with Crippen molar-refractivity contribution in [3.8, 4) is 6.07 Å². The lowest BCUT2D eigenvalue weighted by atomic mass is 10.1. The summed E-state index contributed by atoms with van der Waals surface area (Å²) in [5.41, 5.74) is 2.26. The monoisotopic (exact) mass is 497 g/mol. The van der Waals surface area contributed by atoms with Crippen LogP contribution in [0.2, 0.25) is 0 Å². The van der Waals surface area contributed by atoms with Crippen molar-refractivity contribution >= 4 is 40.9 Å². The molecular weight excluding hydrogens is 474 g/mol. The lowest BCUT2D eigenvalue weighted by molar-refractivity contribution is -0.117. The molecule has 3 aromatic carbocycles. The van der Waals surface area contributed by atoms with Gasteiger partial charge in [0, 0.05) is 11.4 Å². The van der Waals surface area contributed by atoms with E-state index in [1.54, 1.807) is 79.7 Å². The number of rotatable bonds is 7. The van der Waals surface area contributed by atoms with Crippen molar-refractivity contribution in [1.29, 1.82) is 5.26 Å². The molecular formula is C28H23N3O4S. The van der Waals surface area contributed by atoms with Crippen molar-refractivity contribution in [3.63, 3.8) is 0 Å². The summed E-state index contributed by atoms with van der Waals surface area (Å²) in [6.07, 6.45) is 0.360. The van der Waals surface area contributed by atoms with Gasteiger partial charge in [-0.25, -0.2) is 4.79 Å². The second kappa shape index (κ2) is 11.4. The first-order valence-corrected chi connectivity index (χ1v) is 12.2. The summed E-state index contributed by atoms with van der Waals surface area (Å²) in [6.45, 7) is 2.03. The summed E-state index contributed by atoms with van der Waals surface area (Å²) in [6, 6.07) is 26.7. The predicted molar refractivity (Wildman–Crippen MR) is 139 cm³/mol. The first kappa shape index (κ1) is 24.8. The Hall–Kier alpha value is -4.35. The summed E-state index contributed by atoms with van der Waals surface area (Å²) in [5, 5.41) is 12.4. The fourth-order valence-corrected chi connectivity index (χ4v) is 5.03. The highest BCUT2D eigenvalue weighted by Gasteiger charge is 2.40. The Morgan fingerprint density at radius 3 is 2.25 bits per heavy atom. The summed E-state index contributed by atoms with van der Waals surface area (Å²) in [4.78, 5) is 40.0. The topological polar surface area (TPSA) is 99.5 Å². The Balaban J connectivity index is 1.64. The van der Waals surface area contributed by atoms with E-state index in [0.717, 1.165) is 5.56 Å². The van der Waals surface area contributed by atoms with E-state index in [1.807, 2.05) is 18.2 Å². The van der Waals surface area contributed by atoms with Crippen molar-refractivity contribution in [2.24, 2.45) is 0 Å². The molecule has 2 amide bonds. The SMILES string of the molecule is CCOC(=O)c1ccc(C[C@H]2S/C(=C(/C#N)C(=O)Nc3ccccc3)N(c3ccccc3)C2=O)cc1. The van der Waals surface area contributed by atoms with Gasteiger partial charge in [-0.15, -0.1) is 0 Å². The molecule has 1 atom stereocenters. The van der Waals surface area contributed by atoms with Crippen LogP contribution in [0.15, 0.2) is 95.5 Å². The zero-order valence-corrected chi connectivity index (χ0v) is 20.3. The number of hydrogen-bond acceptors (Lipinski definition) is 6. The number of nitriles is 1. The van der Waals surface area contributed by atoms with Crippen molar-refractivity contribution in [1.82, 2.24) is 0 Å². The quantitative estimate of drug-likeness (QED) is 0.282. The molecule has 0 spiro atoms. The van der Waals surface area contributed by atoms with Crippen molar-refractivity contribution < 1.29 is 19.1 Å². The molecule has 8 heteroatoms. The number of anilines is 2. The first-order chi connectivity index (χ1) is 17.5. The Kier molecular flexibility index (Phi) is 7.83. The van der Waals surface area contributed by atoms with Crippen molar-refractivity contribution in [2.45, 2.75) is 18.6 Å². The van der Waals surface area contributed by atoms with E-state index >= 15 is 0 Å². The highest BCUT2D eigenvalue weighted by atomic mass is 32.2. The first-order valence-electron chi connectivity index (χ1n) is 11.3.